The van der Waals surface area contributed by atoms with Crippen molar-refractivity contribution in [2.75, 3.05) is 18.0 Å². The number of aromatic carboxylic acids is 1. The van der Waals surface area contributed by atoms with Crippen LogP contribution in [0, 0.1) is 23.3 Å². The van der Waals surface area contributed by atoms with E-state index in [-0.39, 0.29) is 17.0 Å². The number of halogens is 4. The Kier molecular flexibility index (Phi) is 10.1. The summed E-state index contributed by atoms with van der Waals surface area (Å²) >= 11 is 0. The number of rotatable bonds is 11. The highest BCUT2D eigenvalue weighted by molar-refractivity contribution is 7.89. The van der Waals surface area contributed by atoms with Crippen molar-refractivity contribution in [3.05, 3.63) is 88.3 Å². The third-order valence-electron chi connectivity index (χ3n) is 7.45. The van der Waals surface area contributed by atoms with Crippen molar-refractivity contribution in [2.24, 2.45) is 0 Å². The first kappa shape index (κ1) is 38.8. The summed E-state index contributed by atoms with van der Waals surface area (Å²) in [6.07, 6.45) is -0.446. The first-order chi connectivity index (χ1) is 24.5. The second-order valence-electron chi connectivity index (χ2n) is 11.0. The molecule has 0 bridgehead atoms. The Labute approximate surface area is 294 Å². The molecule has 0 unspecified atom stereocenters. The van der Waals surface area contributed by atoms with Gasteiger partial charge in [-0.1, -0.05) is 0 Å². The number of hydrogen-bond acceptors (Lipinski definition) is 11. The predicted octanol–water partition coefficient (Wildman–Crippen LogP) is 1.72. The summed E-state index contributed by atoms with van der Waals surface area (Å²) < 4.78 is 162. The van der Waals surface area contributed by atoms with Crippen molar-refractivity contribution < 1.29 is 81.2 Å². The fourth-order valence-electron chi connectivity index (χ4n) is 5.22. The molecule has 53 heavy (non-hydrogen) atoms. The van der Waals surface area contributed by atoms with Crippen LogP contribution >= 0.6 is 0 Å². The fraction of sp³-hybridized carbons (Fsp3) is 0.100. The van der Waals surface area contributed by atoms with Crippen LogP contribution in [0.25, 0.3) is 33.4 Å². The van der Waals surface area contributed by atoms with Crippen LogP contribution in [0.15, 0.2) is 62.7 Å². The second kappa shape index (κ2) is 13.8. The molecular formula is C30H22F4N3O13S3+. The Morgan fingerprint density at radius 2 is 1.51 bits per heavy atom. The van der Waals surface area contributed by atoms with E-state index in [1.165, 1.54) is 0 Å². The van der Waals surface area contributed by atoms with Gasteiger partial charge in [0.2, 0.25) is 22.7 Å². The minimum atomic E-state index is -5.33. The van der Waals surface area contributed by atoms with Gasteiger partial charge in [-0.15, -0.1) is 0 Å². The minimum Gasteiger partial charge on any atom is -0.478 e. The molecule has 1 aliphatic heterocycles. The average molecular weight is 805 g/mol. The lowest BCUT2D eigenvalue weighted by atomic mass is 9.89. The summed E-state index contributed by atoms with van der Waals surface area (Å²) in [6.45, 7) is -0.606. The van der Waals surface area contributed by atoms with E-state index in [9.17, 15) is 62.1 Å². The highest BCUT2D eigenvalue weighted by atomic mass is 32.2. The Balaban J connectivity index is 1.84. The minimum absolute atomic E-state index is 0.150. The van der Waals surface area contributed by atoms with Crippen molar-refractivity contribution in [3.8, 4) is 28.2 Å². The lowest BCUT2D eigenvalue weighted by Crippen LogP contribution is -2.49. The molecule has 3 aromatic rings. The molecular weight excluding hydrogens is 783 g/mol. The summed E-state index contributed by atoms with van der Waals surface area (Å²) in [5, 5.41) is 15.2. The lowest BCUT2D eigenvalue weighted by Gasteiger charge is -2.20. The van der Waals surface area contributed by atoms with E-state index in [4.69, 9.17) is 20.1 Å². The van der Waals surface area contributed by atoms with Gasteiger partial charge in [0.25, 0.3) is 30.3 Å². The summed E-state index contributed by atoms with van der Waals surface area (Å²) in [7, 11) is -14.7. The van der Waals surface area contributed by atoms with E-state index in [0.29, 0.717) is 0 Å². The molecule has 8 N–H and O–H groups in total. The number of carboxylic acid groups (broad SMARTS) is 1. The van der Waals surface area contributed by atoms with Gasteiger partial charge in [0.05, 0.1) is 22.6 Å². The Morgan fingerprint density at radius 3 is 2.09 bits per heavy atom. The molecule has 280 valence electrons. The van der Waals surface area contributed by atoms with E-state index >= 15 is 0 Å². The maximum atomic E-state index is 14.3. The standard InChI is InChI=1S/C30H21F4N3O13S3/c31-17-11-18(32)23(34)26(22(17)33)50-30(40)12-2-3-13(29(38)39)16(10-12)21-14-4-6-19(35)27(52(44,45)37-8-1-9-51(41,42)43)24(14)49-25-15(21)5-7-20(36)28(25)53(46,47)48/h2-7,10-11,35,37H,1,8-9,36H2,(H,38,39)(H,41,42,43)(H,46,47,48)/p+1. The van der Waals surface area contributed by atoms with Gasteiger partial charge in [-0.05, 0) is 48.4 Å². The third-order valence-corrected chi connectivity index (χ3v) is 10.7. The molecule has 0 radical (unpaired) electrons. The van der Waals surface area contributed by atoms with E-state index in [0.717, 1.165) is 42.5 Å². The molecule has 0 spiro atoms. The van der Waals surface area contributed by atoms with E-state index in [2.05, 4.69) is 4.74 Å². The number of nitrogens with one attached hydrogen (secondary N) is 1. The van der Waals surface area contributed by atoms with Gasteiger partial charge >= 0.3 is 11.9 Å². The Morgan fingerprint density at radius 1 is 0.868 bits per heavy atom. The molecule has 0 saturated heterocycles. The number of hydrogen-bond donors (Lipinski definition) is 6. The summed E-state index contributed by atoms with van der Waals surface area (Å²) in [4.78, 5) is 23.6. The molecule has 0 saturated carbocycles. The van der Waals surface area contributed by atoms with Crippen LogP contribution < -0.4 is 26.0 Å². The van der Waals surface area contributed by atoms with Crippen LogP contribution in [0.5, 0.6) is 5.75 Å². The maximum absolute atomic E-state index is 14.3. The zero-order valence-electron chi connectivity index (χ0n) is 26.1. The SMILES string of the molecule is Nc1ccc2c(-c3cc(C(=O)Oc4c(F)c(F)cc(F)c4F)ccc3C(=O)O)c3ccc(=[NH2+])c(S(=O)(=O)NCCCS(=O)(=O)O)c-3oc2c1S(=O)(=O)O. The van der Waals surface area contributed by atoms with Crippen LogP contribution in [-0.2, 0) is 30.3 Å². The van der Waals surface area contributed by atoms with Gasteiger partial charge in [0.15, 0.2) is 32.8 Å². The van der Waals surface area contributed by atoms with Crippen molar-refractivity contribution in [1.29, 1.82) is 0 Å². The molecule has 0 amide bonds. The van der Waals surface area contributed by atoms with Crippen molar-refractivity contribution in [2.45, 2.75) is 16.2 Å². The van der Waals surface area contributed by atoms with E-state index in [1.807, 2.05) is 4.72 Å². The number of esters is 1. The van der Waals surface area contributed by atoms with Gasteiger partial charge in [-0.25, -0.2) is 31.5 Å². The number of benzene rings is 4. The molecule has 16 nitrogen and oxygen atoms in total. The summed E-state index contributed by atoms with van der Waals surface area (Å²) in [5.74, 6) is -14.9. The number of nitrogens with two attached hydrogens (primary N) is 2. The number of carboxylic acids is 1. The number of nitrogen functional groups attached to an aromatic ring is 1. The topological polar surface area (TPSA) is 283 Å². The van der Waals surface area contributed by atoms with Gasteiger partial charge in [0.1, 0.15) is 0 Å². The molecule has 0 atom stereocenters. The molecule has 1 heterocycles. The summed E-state index contributed by atoms with van der Waals surface area (Å²) in [6, 6.07) is 6.28. The lowest BCUT2D eigenvalue weighted by molar-refractivity contribution is -0.176. The van der Waals surface area contributed by atoms with Gasteiger partial charge in [-0.3, -0.25) is 14.5 Å². The zero-order chi connectivity index (χ0) is 39.4. The molecule has 0 fully saturated rings. The van der Waals surface area contributed by atoms with Crippen LogP contribution in [0.2, 0.25) is 0 Å². The van der Waals surface area contributed by atoms with Crippen molar-refractivity contribution in [3.63, 3.8) is 0 Å². The number of fused-ring (bicyclic) bond motifs is 2. The van der Waals surface area contributed by atoms with Gasteiger partial charge in [0, 0.05) is 35.2 Å². The first-order valence-corrected chi connectivity index (χ1v) is 18.8. The van der Waals surface area contributed by atoms with Crippen molar-refractivity contribution >= 4 is 58.9 Å². The van der Waals surface area contributed by atoms with E-state index in [1.54, 1.807) is 0 Å². The zero-order valence-corrected chi connectivity index (χ0v) is 28.5. The molecule has 0 aromatic heterocycles. The predicted molar refractivity (Wildman–Crippen MR) is 172 cm³/mol. The molecule has 1 aliphatic carbocycles. The van der Waals surface area contributed by atoms with Gasteiger partial charge < -0.3 is 20.0 Å². The van der Waals surface area contributed by atoms with Crippen LogP contribution in [0.4, 0.5) is 23.2 Å². The average Bonchev–Trinajstić information content (AvgIpc) is 3.05. The first-order valence-electron chi connectivity index (χ1n) is 14.3. The second-order valence-corrected chi connectivity index (χ2v) is 15.6. The highest BCUT2D eigenvalue weighted by Crippen LogP contribution is 2.46. The Hall–Kier alpha value is -5.46. The van der Waals surface area contributed by atoms with Gasteiger partial charge in [-0.2, -0.15) is 25.6 Å². The third kappa shape index (κ3) is 7.56. The normalized spacial score (nSPS) is 12.3. The number of anilines is 1. The largest absolute Gasteiger partial charge is 0.478 e. The highest BCUT2D eigenvalue weighted by Gasteiger charge is 2.34. The monoisotopic (exact) mass is 804 g/mol. The molecule has 23 heteroatoms. The van der Waals surface area contributed by atoms with Crippen molar-refractivity contribution in [1.82, 2.24) is 4.72 Å². The molecule has 5 rings (SSSR count). The summed E-state index contributed by atoms with van der Waals surface area (Å²) in [5.41, 5.74) is 1.60. The van der Waals surface area contributed by atoms with Crippen LogP contribution in [0.3, 0.4) is 0 Å². The fourth-order valence-corrected chi connectivity index (χ4v) is 7.82. The smallest absolute Gasteiger partial charge is 0.343 e. The quantitative estimate of drug-likeness (QED) is 0.0162. The van der Waals surface area contributed by atoms with E-state index < -0.39 is 144 Å². The van der Waals surface area contributed by atoms with Crippen LogP contribution in [-0.4, -0.2) is 63.7 Å². The molecule has 3 aromatic carbocycles. The number of carbonyl (C=O) groups is 2. The van der Waals surface area contributed by atoms with Crippen LogP contribution in [0.1, 0.15) is 27.1 Å². The maximum Gasteiger partial charge on any atom is 0.343 e. The Bertz CT molecular complexity index is 2730. The number of ether oxygens (including phenoxy) is 1. The number of sulfonamides is 1. The number of carbonyl (C=O) groups excluding carboxylic acids is 1. The molecule has 2 aliphatic rings.